The minimum absolute atomic E-state index is 0.0691. The lowest BCUT2D eigenvalue weighted by Crippen LogP contribution is -2.40. The van der Waals surface area contributed by atoms with E-state index in [1.54, 1.807) is 7.11 Å². The zero-order chi connectivity index (χ0) is 13.7. The van der Waals surface area contributed by atoms with Crippen LogP contribution in [0.15, 0.2) is 18.2 Å². The Morgan fingerprint density at radius 2 is 2.11 bits per heavy atom. The number of benzene rings is 1. The van der Waals surface area contributed by atoms with E-state index in [0.29, 0.717) is 12.6 Å². The zero-order valence-corrected chi connectivity index (χ0v) is 11.7. The van der Waals surface area contributed by atoms with Crippen LogP contribution in [0.5, 0.6) is 5.75 Å². The first-order chi connectivity index (χ1) is 9.19. The van der Waals surface area contributed by atoms with Gasteiger partial charge in [-0.2, -0.15) is 0 Å². The predicted octanol–water partition coefficient (Wildman–Crippen LogP) is 2.75. The van der Waals surface area contributed by atoms with E-state index in [1.165, 1.54) is 12.8 Å². The van der Waals surface area contributed by atoms with Gasteiger partial charge in [-0.25, -0.2) is 4.79 Å². The highest BCUT2D eigenvalue weighted by Crippen LogP contribution is 2.19. The number of carbonyl (C=O) groups excluding carboxylic acids is 1. The lowest BCUT2D eigenvalue weighted by Gasteiger charge is -2.13. The molecule has 1 saturated carbocycles. The van der Waals surface area contributed by atoms with Crippen LogP contribution in [0, 0.1) is 6.92 Å². The smallest absolute Gasteiger partial charge is 0.315 e. The first-order valence-corrected chi connectivity index (χ1v) is 6.87. The SMILES string of the molecule is COc1ccc(CNC(=O)NC2CCCC2)cc1C. The van der Waals surface area contributed by atoms with Crippen molar-refractivity contribution >= 4 is 6.03 Å². The van der Waals surface area contributed by atoms with Gasteiger partial charge in [0.1, 0.15) is 5.75 Å². The van der Waals surface area contributed by atoms with Crippen LogP contribution in [0.25, 0.3) is 0 Å². The van der Waals surface area contributed by atoms with Crippen LogP contribution in [0.4, 0.5) is 4.79 Å². The highest BCUT2D eigenvalue weighted by atomic mass is 16.5. The van der Waals surface area contributed by atoms with Crippen molar-refractivity contribution < 1.29 is 9.53 Å². The number of ether oxygens (including phenoxy) is 1. The van der Waals surface area contributed by atoms with Gasteiger partial charge in [0.2, 0.25) is 0 Å². The maximum absolute atomic E-state index is 11.7. The zero-order valence-electron chi connectivity index (χ0n) is 11.7. The average Bonchev–Trinajstić information content (AvgIpc) is 2.89. The fraction of sp³-hybridized carbons (Fsp3) is 0.533. The molecule has 4 nitrogen and oxygen atoms in total. The highest BCUT2D eigenvalue weighted by Gasteiger charge is 2.16. The number of nitrogens with one attached hydrogen (secondary N) is 2. The molecule has 0 atom stereocenters. The Kier molecular flexibility index (Phi) is 4.66. The van der Waals surface area contributed by atoms with Crippen molar-refractivity contribution in [3.8, 4) is 5.75 Å². The molecule has 2 amide bonds. The summed E-state index contributed by atoms with van der Waals surface area (Å²) in [6, 6.07) is 6.23. The van der Waals surface area contributed by atoms with Crippen molar-refractivity contribution in [2.45, 2.75) is 45.2 Å². The summed E-state index contributed by atoms with van der Waals surface area (Å²) in [5.41, 5.74) is 2.16. The van der Waals surface area contributed by atoms with Crippen molar-refractivity contribution in [3.05, 3.63) is 29.3 Å². The van der Waals surface area contributed by atoms with Gasteiger partial charge < -0.3 is 15.4 Å². The van der Waals surface area contributed by atoms with E-state index in [2.05, 4.69) is 10.6 Å². The Morgan fingerprint density at radius 1 is 1.37 bits per heavy atom. The normalized spacial score (nSPS) is 15.3. The summed E-state index contributed by atoms with van der Waals surface area (Å²) in [6.45, 7) is 2.55. The molecule has 0 aromatic heterocycles. The Hall–Kier alpha value is -1.71. The molecule has 0 unspecified atom stereocenters. The number of aryl methyl sites for hydroxylation is 1. The van der Waals surface area contributed by atoms with Crippen LogP contribution in [-0.4, -0.2) is 19.2 Å². The fourth-order valence-electron chi connectivity index (χ4n) is 2.54. The van der Waals surface area contributed by atoms with Gasteiger partial charge in [-0.3, -0.25) is 0 Å². The first kappa shape index (κ1) is 13.7. The van der Waals surface area contributed by atoms with Crippen molar-refractivity contribution in [3.63, 3.8) is 0 Å². The molecule has 2 N–H and O–H groups in total. The number of methoxy groups -OCH3 is 1. The summed E-state index contributed by atoms with van der Waals surface area (Å²) < 4.78 is 5.21. The van der Waals surface area contributed by atoms with Gasteiger partial charge in [-0.15, -0.1) is 0 Å². The predicted molar refractivity (Wildman–Crippen MR) is 75.4 cm³/mol. The molecular formula is C15H22N2O2. The Bertz CT molecular complexity index is 440. The van der Waals surface area contributed by atoms with Crippen molar-refractivity contribution in [1.82, 2.24) is 10.6 Å². The lowest BCUT2D eigenvalue weighted by molar-refractivity contribution is 0.236. The Balaban J connectivity index is 1.81. The second kappa shape index (κ2) is 6.45. The summed E-state index contributed by atoms with van der Waals surface area (Å²) in [5.74, 6) is 0.874. The van der Waals surface area contributed by atoms with Gasteiger partial charge in [0.05, 0.1) is 7.11 Å². The van der Waals surface area contributed by atoms with Gasteiger partial charge in [0.25, 0.3) is 0 Å². The van der Waals surface area contributed by atoms with E-state index >= 15 is 0 Å². The first-order valence-electron chi connectivity index (χ1n) is 6.87. The van der Waals surface area contributed by atoms with E-state index in [-0.39, 0.29) is 6.03 Å². The maximum Gasteiger partial charge on any atom is 0.315 e. The van der Waals surface area contributed by atoms with Gasteiger partial charge in [-0.05, 0) is 37.0 Å². The van der Waals surface area contributed by atoms with E-state index < -0.39 is 0 Å². The molecule has 0 radical (unpaired) electrons. The number of urea groups is 1. The maximum atomic E-state index is 11.7. The van der Waals surface area contributed by atoms with Crippen LogP contribution in [0.3, 0.4) is 0 Å². The standard InChI is InChI=1S/C15H22N2O2/c1-11-9-12(7-8-14(11)19-2)10-16-15(18)17-13-5-3-4-6-13/h7-9,13H,3-6,10H2,1-2H3,(H2,16,17,18). The molecule has 19 heavy (non-hydrogen) atoms. The molecule has 1 aliphatic rings. The highest BCUT2D eigenvalue weighted by molar-refractivity contribution is 5.74. The summed E-state index contributed by atoms with van der Waals surface area (Å²) in [7, 11) is 1.66. The van der Waals surface area contributed by atoms with Crippen LogP contribution in [0.2, 0.25) is 0 Å². The molecule has 1 fully saturated rings. The van der Waals surface area contributed by atoms with Gasteiger partial charge in [0.15, 0.2) is 0 Å². The summed E-state index contributed by atoms with van der Waals surface area (Å²) in [6.07, 6.45) is 4.66. The van der Waals surface area contributed by atoms with E-state index in [0.717, 1.165) is 29.7 Å². The Labute approximate surface area is 114 Å². The fourth-order valence-corrected chi connectivity index (χ4v) is 2.54. The quantitative estimate of drug-likeness (QED) is 0.876. The molecule has 0 bridgehead atoms. The van der Waals surface area contributed by atoms with Crippen LogP contribution in [0.1, 0.15) is 36.8 Å². The molecule has 0 spiro atoms. The molecule has 104 valence electrons. The molecule has 1 aromatic rings. The summed E-state index contributed by atoms with van der Waals surface area (Å²) in [5, 5.41) is 5.91. The molecule has 1 aromatic carbocycles. The average molecular weight is 262 g/mol. The number of hydrogen-bond donors (Lipinski definition) is 2. The van der Waals surface area contributed by atoms with Crippen molar-refractivity contribution in [1.29, 1.82) is 0 Å². The number of carbonyl (C=O) groups is 1. The molecule has 1 aliphatic carbocycles. The number of rotatable bonds is 4. The van der Waals surface area contributed by atoms with Crippen LogP contribution in [-0.2, 0) is 6.54 Å². The number of amides is 2. The third-order valence-electron chi connectivity index (χ3n) is 3.60. The lowest BCUT2D eigenvalue weighted by atomic mass is 10.1. The molecule has 0 heterocycles. The molecule has 0 aliphatic heterocycles. The summed E-state index contributed by atoms with van der Waals surface area (Å²) in [4.78, 5) is 11.7. The van der Waals surface area contributed by atoms with Crippen molar-refractivity contribution in [2.24, 2.45) is 0 Å². The van der Waals surface area contributed by atoms with Gasteiger partial charge >= 0.3 is 6.03 Å². The van der Waals surface area contributed by atoms with Crippen molar-refractivity contribution in [2.75, 3.05) is 7.11 Å². The van der Waals surface area contributed by atoms with E-state index in [4.69, 9.17) is 4.74 Å². The molecule has 2 rings (SSSR count). The second-order valence-electron chi connectivity index (χ2n) is 5.11. The van der Waals surface area contributed by atoms with E-state index in [1.807, 2.05) is 25.1 Å². The number of hydrogen-bond acceptors (Lipinski definition) is 2. The topological polar surface area (TPSA) is 50.4 Å². The molecule has 0 saturated heterocycles. The van der Waals surface area contributed by atoms with Crippen LogP contribution < -0.4 is 15.4 Å². The third-order valence-corrected chi connectivity index (χ3v) is 3.60. The third kappa shape index (κ3) is 3.88. The van der Waals surface area contributed by atoms with E-state index in [9.17, 15) is 4.79 Å². The minimum atomic E-state index is -0.0691. The molecular weight excluding hydrogens is 240 g/mol. The second-order valence-corrected chi connectivity index (χ2v) is 5.11. The largest absolute Gasteiger partial charge is 0.496 e. The van der Waals surface area contributed by atoms with Crippen LogP contribution >= 0.6 is 0 Å². The monoisotopic (exact) mass is 262 g/mol. The summed E-state index contributed by atoms with van der Waals surface area (Å²) >= 11 is 0. The van der Waals surface area contributed by atoms with Gasteiger partial charge in [-0.1, -0.05) is 25.0 Å². The minimum Gasteiger partial charge on any atom is -0.496 e. The Morgan fingerprint density at radius 3 is 2.74 bits per heavy atom. The van der Waals surface area contributed by atoms with Gasteiger partial charge in [0, 0.05) is 12.6 Å². The molecule has 4 heteroatoms.